The minimum Gasteiger partial charge on any atom is -0.497 e. The number of ether oxygens (including phenoxy) is 3. The maximum atomic E-state index is 14.4. The Balaban J connectivity index is 1.58. The number of nitrogens with zero attached hydrogens (tertiary/aromatic N) is 1. The van der Waals surface area contributed by atoms with Gasteiger partial charge in [-0.1, -0.05) is 46.3 Å². The van der Waals surface area contributed by atoms with Crippen LogP contribution in [0.5, 0.6) is 11.5 Å². The van der Waals surface area contributed by atoms with Gasteiger partial charge in [0.15, 0.2) is 11.6 Å². The van der Waals surface area contributed by atoms with Crippen molar-refractivity contribution in [3.63, 3.8) is 0 Å². The van der Waals surface area contributed by atoms with Crippen LogP contribution in [0.25, 0.3) is 0 Å². The average molecular weight is 666 g/mol. The lowest BCUT2D eigenvalue weighted by atomic mass is 9.82. The first-order valence-corrected chi connectivity index (χ1v) is 14.8. The number of aliphatic imine (C=N–C) groups is 1. The predicted octanol–water partition coefficient (Wildman–Crippen LogP) is 6.31. The van der Waals surface area contributed by atoms with E-state index in [0.29, 0.717) is 35.7 Å². The number of benzene rings is 4. The summed E-state index contributed by atoms with van der Waals surface area (Å²) in [6, 6.07) is 25.0. The number of aliphatic hydroxyl groups is 1. The van der Waals surface area contributed by atoms with Gasteiger partial charge in [-0.3, -0.25) is 4.79 Å². The summed E-state index contributed by atoms with van der Waals surface area (Å²) in [5, 5.41) is 11.9. The van der Waals surface area contributed by atoms with Crippen LogP contribution in [0.2, 0.25) is 0 Å². The van der Waals surface area contributed by atoms with Crippen LogP contribution in [0, 0.1) is 11.6 Å². The number of aliphatic hydroxyl groups excluding tert-OH is 1. The van der Waals surface area contributed by atoms with E-state index in [0.717, 1.165) is 16.1 Å². The number of carbonyl (C=O) groups excluding carboxylic acids is 1. The molecule has 4 aromatic carbocycles. The van der Waals surface area contributed by atoms with Gasteiger partial charge in [-0.15, -0.1) is 0 Å². The van der Waals surface area contributed by atoms with Crippen LogP contribution in [0.4, 0.5) is 8.78 Å². The number of hydrogen-bond donors (Lipinski definition) is 2. The highest BCUT2D eigenvalue weighted by atomic mass is 79.9. The fourth-order valence-electron chi connectivity index (χ4n) is 5.07. The maximum absolute atomic E-state index is 14.4. The first-order chi connectivity index (χ1) is 21.3. The van der Waals surface area contributed by atoms with E-state index >= 15 is 0 Å². The van der Waals surface area contributed by atoms with Crippen LogP contribution < -0.4 is 14.8 Å². The summed E-state index contributed by atoms with van der Waals surface area (Å²) in [5.41, 5.74) is 0.846. The third-order valence-electron chi connectivity index (χ3n) is 7.22. The van der Waals surface area contributed by atoms with Crippen molar-refractivity contribution in [3.05, 3.63) is 129 Å². The Morgan fingerprint density at radius 3 is 2.45 bits per heavy atom. The molecule has 10 heteroatoms. The summed E-state index contributed by atoms with van der Waals surface area (Å²) in [4.78, 5) is 19.4. The van der Waals surface area contributed by atoms with Gasteiger partial charge < -0.3 is 24.6 Å². The molecule has 7 nitrogen and oxygen atoms in total. The molecule has 1 aliphatic rings. The molecule has 2 atom stereocenters. The molecule has 44 heavy (non-hydrogen) atoms. The average Bonchev–Trinajstić information content (AvgIpc) is 3.41. The van der Waals surface area contributed by atoms with E-state index in [1.54, 1.807) is 43.5 Å². The molecule has 4 aromatic rings. The lowest BCUT2D eigenvalue weighted by Gasteiger charge is -2.31. The summed E-state index contributed by atoms with van der Waals surface area (Å²) in [6.45, 7) is 0.278. The van der Waals surface area contributed by atoms with Crippen molar-refractivity contribution in [3.8, 4) is 11.5 Å². The minimum atomic E-state index is -1.52. The Hall–Kier alpha value is -4.28. The second-order valence-corrected chi connectivity index (χ2v) is 11.1. The van der Waals surface area contributed by atoms with Crippen LogP contribution >= 0.6 is 15.9 Å². The first-order valence-electron chi connectivity index (χ1n) is 14.0. The number of halogens is 3. The molecule has 1 amide bonds. The van der Waals surface area contributed by atoms with E-state index in [1.807, 2.05) is 36.4 Å². The van der Waals surface area contributed by atoms with Crippen molar-refractivity contribution in [1.29, 1.82) is 0 Å². The highest BCUT2D eigenvalue weighted by Gasteiger charge is 2.53. The monoisotopic (exact) mass is 664 g/mol. The van der Waals surface area contributed by atoms with Crippen LogP contribution in [0.1, 0.15) is 34.8 Å². The van der Waals surface area contributed by atoms with Gasteiger partial charge in [0.1, 0.15) is 23.1 Å². The summed E-state index contributed by atoms with van der Waals surface area (Å²) in [7, 11) is 1.56. The van der Waals surface area contributed by atoms with Crippen molar-refractivity contribution >= 4 is 27.7 Å². The smallest absolute Gasteiger partial charge is 0.252 e. The van der Waals surface area contributed by atoms with E-state index in [9.17, 15) is 13.6 Å². The van der Waals surface area contributed by atoms with Gasteiger partial charge in [0, 0.05) is 42.1 Å². The van der Waals surface area contributed by atoms with Gasteiger partial charge in [0.05, 0.1) is 13.7 Å². The van der Waals surface area contributed by atoms with Gasteiger partial charge in [-0.05, 0) is 71.3 Å². The van der Waals surface area contributed by atoms with Gasteiger partial charge >= 0.3 is 0 Å². The highest BCUT2D eigenvalue weighted by Crippen LogP contribution is 2.44. The van der Waals surface area contributed by atoms with Crippen molar-refractivity contribution in [2.24, 2.45) is 4.99 Å². The maximum Gasteiger partial charge on any atom is 0.252 e. The first kappa shape index (κ1) is 31.2. The lowest BCUT2D eigenvalue weighted by Crippen LogP contribution is -2.49. The molecular formula is C34H31BrF2N2O5. The number of nitrogens with one attached hydrogen (secondary N) is 1. The Bertz CT molecular complexity index is 1630. The van der Waals surface area contributed by atoms with Crippen LogP contribution in [-0.2, 0) is 22.5 Å². The van der Waals surface area contributed by atoms with Crippen molar-refractivity contribution in [2.75, 3.05) is 20.3 Å². The van der Waals surface area contributed by atoms with Crippen molar-refractivity contribution in [2.45, 2.75) is 31.0 Å². The molecule has 0 saturated heterocycles. The van der Waals surface area contributed by atoms with E-state index in [-0.39, 0.29) is 31.0 Å². The van der Waals surface area contributed by atoms with E-state index < -0.39 is 29.2 Å². The molecule has 5 rings (SSSR count). The number of carbonyl (C=O) groups is 1. The fraction of sp³-hybridized carbons (Fsp3) is 0.235. The van der Waals surface area contributed by atoms with Gasteiger partial charge in [0.25, 0.3) is 5.91 Å². The third kappa shape index (κ3) is 7.09. The van der Waals surface area contributed by atoms with Crippen molar-refractivity contribution < 1.29 is 32.9 Å². The zero-order valence-electron chi connectivity index (χ0n) is 23.9. The molecule has 1 heterocycles. The van der Waals surface area contributed by atoms with Gasteiger partial charge in [-0.2, -0.15) is 0 Å². The summed E-state index contributed by atoms with van der Waals surface area (Å²) < 4.78 is 46.3. The van der Waals surface area contributed by atoms with Crippen LogP contribution in [-0.4, -0.2) is 42.8 Å². The predicted molar refractivity (Wildman–Crippen MR) is 166 cm³/mol. The number of amides is 1. The standard InChI is InChI=1S/C34H31BrF2N2O5/c1-42-29-8-4-7-24(18-29)31-34(20-25-6-2-3-9-30(25)35,33(41)38-21-22-16-26(36)19-27(37)17-22)39-32(44-31)23-10-12-28(13-11-23)43-15-5-14-40/h2-4,6-13,16-19,31,40H,5,14-15,20-21H2,1H3,(H,38,41)/t31-,34-/m1/s1. The Morgan fingerprint density at radius 1 is 1.00 bits per heavy atom. The molecular weight excluding hydrogens is 634 g/mol. The Morgan fingerprint density at radius 2 is 1.75 bits per heavy atom. The summed E-state index contributed by atoms with van der Waals surface area (Å²) >= 11 is 3.61. The molecule has 228 valence electrons. The zero-order valence-corrected chi connectivity index (χ0v) is 25.5. The van der Waals surface area contributed by atoms with Crippen molar-refractivity contribution in [1.82, 2.24) is 5.32 Å². The number of hydrogen-bond acceptors (Lipinski definition) is 6. The molecule has 2 N–H and O–H groups in total. The largest absolute Gasteiger partial charge is 0.497 e. The molecule has 0 aliphatic carbocycles. The SMILES string of the molecule is COc1cccc([C@H]2OC(c3ccc(OCCCO)cc3)=N[C@@]2(Cc2ccccc2Br)C(=O)NCc2cc(F)cc(F)c2)c1. The van der Waals surface area contributed by atoms with Gasteiger partial charge in [0.2, 0.25) is 5.90 Å². The Kier molecular flexibility index (Phi) is 9.92. The molecule has 0 saturated carbocycles. The molecule has 0 radical (unpaired) electrons. The molecule has 0 bridgehead atoms. The third-order valence-corrected chi connectivity index (χ3v) is 7.99. The molecule has 0 fully saturated rings. The van der Waals surface area contributed by atoms with E-state index in [4.69, 9.17) is 24.3 Å². The van der Waals surface area contributed by atoms with E-state index in [2.05, 4.69) is 21.2 Å². The second-order valence-electron chi connectivity index (χ2n) is 10.3. The molecule has 0 unspecified atom stereocenters. The minimum absolute atomic E-state index is 0.0320. The summed E-state index contributed by atoms with van der Waals surface area (Å²) in [5.74, 6) is -0.512. The van der Waals surface area contributed by atoms with Crippen LogP contribution in [0.15, 0.2) is 100 Å². The summed E-state index contributed by atoms with van der Waals surface area (Å²) in [6.07, 6.45) is -0.232. The lowest BCUT2D eigenvalue weighted by molar-refractivity contribution is -0.129. The van der Waals surface area contributed by atoms with Gasteiger partial charge in [-0.25, -0.2) is 13.8 Å². The Labute approximate surface area is 262 Å². The molecule has 1 aliphatic heterocycles. The normalized spacial score (nSPS) is 17.5. The zero-order chi connectivity index (χ0) is 31.1. The topological polar surface area (TPSA) is 89.4 Å². The quantitative estimate of drug-likeness (QED) is 0.173. The molecule has 0 spiro atoms. The number of methoxy groups -OCH3 is 1. The molecule has 0 aromatic heterocycles. The highest BCUT2D eigenvalue weighted by molar-refractivity contribution is 9.10. The second kappa shape index (κ2) is 14.0. The fourth-order valence-corrected chi connectivity index (χ4v) is 5.49. The van der Waals surface area contributed by atoms with Crippen LogP contribution in [0.3, 0.4) is 0 Å². The van der Waals surface area contributed by atoms with E-state index in [1.165, 1.54) is 12.1 Å². The number of rotatable bonds is 12.